The molecule has 2 heterocycles. The Morgan fingerprint density at radius 2 is 2.03 bits per heavy atom. The highest BCUT2D eigenvalue weighted by Gasteiger charge is 2.37. The number of fused-ring (bicyclic) bond motifs is 1. The molecule has 35 heavy (non-hydrogen) atoms. The molecule has 1 amide bonds. The summed E-state index contributed by atoms with van der Waals surface area (Å²) in [6.45, 7) is 2.34. The van der Waals surface area contributed by atoms with Crippen LogP contribution < -0.4 is 16.0 Å². The van der Waals surface area contributed by atoms with Crippen molar-refractivity contribution in [3.05, 3.63) is 58.4 Å². The number of hydrogen-bond acceptors (Lipinski definition) is 5. The Morgan fingerprint density at radius 3 is 2.69 bits per heavy atom. The van der Waals surface area contributed by atoms with Crippen LogP contribution in [0, 0.1) is 18.4 Å². The van der Waals surface area contributed by atoms with Crippen molar-refractivity contribution in [2.75, 3.05) is 13.6 Å². The SMILES string of the molecule is CN=C(NC#N)NC1CCC(CNC(=O)c2cnc3c(c(C)nn3C)c2Cl)(c2ccccc2)CC1. The molecule has 1 aliphatic carbocycles. The number of hydrogen-bond donors (Lipinski definition) is 3. The summed E-state index contributed by atoms with van der Waals surface area (Å²) in [6.07, 6.45) is 6.91. The lowest BCUT2D eigenvalue weighted by Crippen LogP contribution is -2.49. The number of aryl methyl sites for hydroxylation is 2. The molecule has 0 spiro atoms. The topological polar surface area (TPSA) is 120 Å². The highest BCUT2D eigenvalue weighted by molar-refractivity contribution is 6.38. The fourth-order valence-corrected chi connectivity index (χ4v) is 5.30. The molecule has 182 valence electrons. The zero-order valence-electron chi connectivity index (χ0n) is 20.1. The number of benzene rings is 1. The number of carbonyl (C=O) groups excluding carboxylic acids is 1. The quantitative estimate of drug-likeness (QED) is 0.218. The molecule has 3 N–H and O–H groups in total. The number of aromatic nitrogens is 3. The van der Waals surface area contributed by atoms with Gasteiger partial charge in [0.1, 0.15) is 0 Å². The molecule has 3 aromatic rings. The normalized spacial score (nSPS) is 20.3. The highest BCUT2D eigenvalue weighted by Crippen LogP contribution is 2.39. The molecule has 0 unspecified atom stereocenters. The van der Waals surface area contributed by atoms with E-state index in [1.165, 1.54) is 11.8 Å². The number of pyridine rings is 1. The van der Waals surface area contributed by atoms with E-state index in [9.17, 15) is 4.79 Å². The maximum Gasteiger partial charge on any atom is 0.254 e. The molecule has 0 atom stereocenters. The van der Waals surface area contributed by atoms with E-state index in [4.69, 9.17) is 16.9 Å². The maximum atomic E-state index is 13.2. The molecule has 4 rings (SSSR count). The average Bonchev–Trinajstić information content (AvgIpc) is 3.17. The molecule has 9 nitrogen and oxygen atoms in total. The van der Waals surface area contributed by atoms with E-state index in [0.717, 1.165) is 31.4 Å². The number of nitrogens with one attached hydrogen (secondary N) is 3. The van der Waals surface area contributed by atoms with Crippen LogP contribution in [0.25, 0.3) is 11.0 Å². The number of nitriles is 1. The van der Waals surface area contributed by atoms with E-state index < -0.39 is 0 Å². The minimum atomic E-state index is -0.248. The average molecular weight is 493 g/mol. The Kier molecular flexibility index (Phi) is 7.22. The Labute approximate surface area is 209 Å². The van der Waals surface area contributed by atoms with E-state index in [-0.39, 0.29) is 17.4 Å². The Balaban J connectivity index is 1.52. The summed E-state index contributed by atoms with van der Waals surface area (Å²) < 4.78 is 1.66. The Hall–Kier alpha value is -3.64. The van der Waals surface area contributed by atoms with Crippen LogP contribution >= 0.6 is 11.6 Å². The van der Waals surface area contributed by atoms with Gasteiger partial charge in [-0.15, -0.1) is 0 Å². The summed E-state index contributed by atoms with van der Waals surface area (Å²) >= 11 is 6.63. The van der Waals surface area contributed by atoms with Crippen LogP contribution in [0.2, 0.25) is 5.02 Å². The molecule has 0 aliphatic heterocycles. The van der Waals surface area contributed by atoms with E-state index in [2.05, 4.69) is 43.2 Å². The van der Waals surface area contributed by atoms with Gasteiger partial charge < -0.3 is 10.6 Å². The monoisotopic (exact) mass is 492 g/mol. The van der Waals surface area contributed by atoms with Crippen LogP contribution in [0.3, 0.4) is 0 Å². The predicted molar refractivity (Wildman–Crippen MR) is 136 cm³/mol. The maximum absolute atomic E-state index is 13.2. The Bertz CT molecular complexity index is 1290. The van der Waals surface area contributed by atoms with Crippen LogP contribution in [-0.4, -0.2) is 46.3 Å². The van der Waals surface area contributed by atoms with Crippen molar-refractivity contribution in [1.29, 1.82) is 5.26 Å². The van der Waals surface area contributed by atoms with Gasteiger partial charge in [-0.05, 0) is 38.2 Å². The molecule has 0 radical (unpaired) electrons. The summed E-state index contributed by atoms with van der Waals surface area (Å²) in [6, 6.07) is 10.5. The number of amides is 1. The predicted octanol–water partition coefficient (Wildman–Crippen LogP) is 3.19. The van der Waals surface area contributed by atoms with Crippen molar-refractivity contribution in [3.63, 3.8) is 0 Å². The van der Waals surface area contributed by atoms with Crippen LogP contribution in [0.1, 0.15) is 47.3 Å². The second-order valence-electron chi connectivity index (χ2n) is 8.95. The van der Waals surface area contributed by atoms with Gasteiger partial charge >= 0.3 is 0 Å². The van der Waals surface area contributed by atoms with Crippen molar-refractivity contribution in [3.8, 4) is 6.19 Å². The second kappa shape index (κ2) is 10.3. The van der Waals surface area contributed by atoms with Gasteiger partial charge in [0.15, 0.2) is 11.8 Å². The van der Waals surface area contributed by atoms with E-state index in [0.29, 0.717) is 34.1 Å². The largest absolute Gasteiger partial charge is 0.353 e. The number of rotatable bonds is 5. The third kappa shape index (κ3) is 4.93. The van der Waals surface area contributed by atoms with Crippen molar-refractivity contribution in [1.82, 2.24) is 30.7 Å². The first kappa shape index (κ1) is 24.5. The van der Waals surface area contributed by atoms with Gasteiger partial charge in [0.25, 0.3) is 5.91 Å². The second-order valence-corrected chi connectivity index (χ2v) is 9.33. The smallest absolute Gasteiger partial charge is 0.254 e. The molecular formula is C25H29ClN8O. The van der Waals surface area contributed by atoms with Gasteiger partial charge in [-0.2, -0.15) is 10.4 Å². The first-order valence-electron chi connectivity index (χ1n) is 11.6. The number of guanidine groups is 1. The first-order chi connectivity index (χ1) is 16.9. The van der Waals surface area contributed by atoms with E-state index in [1.807, 2.05) is 31.3 Å². The molecule has 1 aromatic carbocycles. The summed E-state index contributed by atoms with van der Waals surface area (Å²) in [5, 5.41) is 23.4. The van der Waals surface area contributed by atoms with Gasteiger partial charge in [0, 0.05) is 38.3 Å². The minimum absolute atomic E-state index is 0.191. The molecule has 1 saturated carbocycles. The third-order valence-electron chi connectivity index (χ3n) is 6.86. The van der Waals surface area contributed by atoms with Crippen LogP contribution in [0.5, 0.6) is 0 Å². The van der Waals surface area contributed by atoms with Crippen molar-refractivity contribution >= 4 is 34.5 Å². The molecule has 10 heteroatoms. The van der Waals surface area contributed by atoms with Crippen molar-refractivity contribution in [2.45, 2.75) is 44.1 Å². The van der Waals surface area contributed by atoms with Gasteiger partial charge in [-0.25, -0.2) is 4.98 Å². The van der Waals surface area contributed by atoms with Gasteiger partial charge in [0.2, 0.25) is 5.96 Å². The summed E-state index contributed by atoms with van der Waals surface area (Å²) in [7, 11) is 3.45. The molecule has 2 aromatic heterocycles. The molecule has 1 aliphatic rings. The Morgan fingerprint density at radius 1 is 1.31 bits per heavy atom. The minimum Gasteiger partial charge on any atom is -0.353 e. The molecule has 0 saturated heterocycles. The highest BCUT2D eigenvalue weighted by atomic mass is 35.5. The van der Waals surface area contributed by atoms with Crippen LogP contribution in [0.4, 0.5) is 0 Å². The molecular weight excluding hydrogens is 464 g/mol. The third-order valence-corrected chi connectivity index (χ3v) is 7.26. The fourth-order valence-electron chi connectivity index (χ4n) is 4.95. The van der Waals surface area contributed by atoms with E-state index in [1.54, 1.807) is 18.8 Å². The van der Waals surface area contributed by atoms with Gasteiger partial charge in [-0.1, -0.05) is 41.9 Å². The zero-order valence-corrected chi connectivity index (χ0v) is 20.9. The van der Waals surface area contributed by atoms with Gasteiger partial charge in [0.05, 0.1) is 21.7 Å². The molecule has 1 fully saturated rings. The van der Waals surface area contributed by atoms with Crippen molar-refractivity contribution < 1.29 is 4.79 Å². The number of nitrogens with zero attached hydrogens (tertiary/aromatic N) is 5. The number of halogens is 1. The van der Waals surface area contributed by atoms with Gasteiger partial charge in [-0.3, -0.25) is 19.8 Å². The lowest BCUT2D eigenvalue weighted by molar-refractivity contribution is 0.0935. The van der Waals surface area contributed by atoms with Crippen molar-refractivity contribution in [2.24, 2.45) is 12.0 Å². The summed E-state index contributed by atoms with van der Waals surface area (Å²) in [5.74, 6) is 0.225. The number of aliphatic imine (C=N–C) groups is 1. The van der Waals surface area contributed by atoms with Crippen LogP contribution in [0.15, 0.2) is 41.5 Å². The van der Waals surface area contributed by atoms with E-state index >= 15 is 0 Å². The summed E-state index contributed by atoms with van der Waals surface area (Å²) in [4.78, 5) is 21.7. The zero-order chi connectivity index (χ0) is 25.0. The molecule has 0 bridgehead atoms. The standard InChI is InChI=1S/C25H29ClN8O/c1-16-20-21(26)19(13-29-22(20)34(3)33-16)23(35)30-14-25(17-7-5-4-6-8-17)11-9-18(10-12-25)32-24(28-2)31-15-27/h4-8,13,18H,9-12,14H2,1-3H3,(H,30,35)(H2,28,31,32). The summed E-state index contributed by atoms with van der Waals surface area (Å²) in [5.41, 5.74) is 2.72. The lowest BCUT2D eigenvalue weighted by atomic mass is 9.68. The number of carbonyl (C=O) groups is 1. The lowest BCUT2D eigenvalue weighted by Gasteiger charge is -2.41. The van der Waals surface area contributed by atoms with Crippen LogP contribution in [-0.2, 0) is 12.5 Å². The first-order valence-corrected chi connectivity index (χ1v) is 12.0. The fraction of sp³-hybridized carbons (Fsp3) is 0.400.